The summed E-state index contributed by atoms with van der Waals surface area (Å²) < 4.78 is 13.1. The van der Waals surface area contributed by atoms with Crippen LogP contribution in [-0.4, -0.2) is 13.2 Å². The number of aromatic hydroxyl groups is 1. The maximum atomic E-state index is 13.1. The van der Waals surface area contributed by atoms with Crippen LogP contribution in [0.3, 0.4) is 0 Å². The summed E-state index contributed by atoms with van der Waals surface area (Å²) in [6.07, 6.45) is 0. The van der Waals surface area contributed by atoms with Gasteiger partial charge in [0.2, 0.25) is 0 Å². The monoisotopic (exact) mass is 208 g/mol. The van der Waals surface area contributed by atoms with Crippen molar-refractivity contribution < 1.29 is 9.50 Å². The summed E-state index contributed by atoms with van der Waals surface area (Å²) >= 11 is 0. The molecule has 0 radical (unpaired) electrons. The van der Waals surface area contributed by atoms with Crippen LogP contribution >= 0.6 is 0 Å². The fourth-order valence-electron chi connectivity index (χ4n) is 0.864. The van der Waals surface area contributed by atoms with Gasteiger partial charge in [0, 0.05) is 0 Å². The molecule has 0 unspecified atom stereocenters. The molecule has 0 saturated heterocycles. The van der Waals surface area contributed by atoms with Crippen LogP contribution in [0.15, 0.2) is 18.2 Å². The second-order valence-corrected chi connectivity index (χ2v) is 8.91. The number of halogens is 1. The van der Waals surface area contributed by atoms with E-state index in [1.165, 1.54) is 18.2 Å². The van der Waals surface area contributed by atoms with Crippen molar-refractivity contribution in [3.05, 3.63) is 29.6 Å². The molecule has 0 saturated carbocycles. The van der Waals surface area contributed by atoms with Gasteiger partial charge in [-0.2, -0.15) is 0 Å². The average molecular weight is 208 g/mol. The first-order valence-corrected chi connectivity index (χ1v) is 7.90. The Morgan fingerprint density at radius 1 is 1.29 bits per heavy atom. The zero-order chi connectivity index (χ0) is 10.8. The number of rotatable bonds is 0. The SMILES string of the molecule is C[Si](C)(C)C#Cc1cc(O)ccc1F. The van der Waals surface area contributed by atoms with Crippen molar-refractivity contribution in [2.24, 2.45) is 0 Å². The van der Waals surface area contributed by atoms with Crippen LogP contribution in [0, 0.1) is 17.3 Å². The third-order valence-electron chi connectivity index (χ3n) is 1.52. The van der Waals surface area contributed by atoms with Gasteiger partial charge in [-0.3, -0.25) is 0 Å². The van der Waals surface area contributed by atoms with Crippen LogP contribution in [0.2, 0.25) is 19.6 Å². The molecule has 0 amide bonds. The highest BCUT2D eigenvalue weighted by molar-refractivity contribution is 6.83. The van der Waals surface area contributed by atoms with E-state index >= 15 is 0 Å². The van der Waals surface area contributed by atoms with Gasteiger partial charge in [0.15, 0.2) is 0 Å². The molecule has 0 fully saturated rings. The zero-order valence-corrected chi connectivity index (χ0v) is 9.56. The molecule has 3 heteroatoms. The van der Waals surface area contributed by atoms with Gasteiger partial charge in [0.1, 0.15) is 19.6 Å². The Hall–Kier alpha value is -1.27. The standard InChI is InChI=1S/C11H13FOSi/c1-14(2,3)7-6-9-8-10(13)4-5-11(9)12/h4-5,8,13H,1-3H3. The molecule has 1 aromatic carbocycles. The minimum Gasteiger partial charge on any atom is -0.508 e. The lowest BCUT2D eigenvalue weighted by molar-refractivity contribution is 0.472. The van der Waals surface area contributed by atoms with Crippen LogP contribution in [0.25, 0.3) is 0 Å². The molecular weight excluding hydrogens is 195 g/mol. The Bertz CT molecular complexity index is 396. The van der Waals surface area contributed by atoms with Gasteiger partial charge >= 0.3 is 0 Å². The summed E-state index contributed by atoms with van der Waals surface area (Å²) in [5, 5.41) is 9.14. The molecule has 1 rings (SSSR count). The van der Waals surface area contributed by atoms with E-state index in [2.05, 4.69) is 31.1 Å². The Morgan fingerprint density at radius 3 is 2.50 bits per heavy atom. The lowest BCUT2D eigenvalue weighted by atomic mass is 10.2. The van der Waals surface area contributed by atoms with Crippen molar-refractivity contribution in [1.82, 2.24) is 0 Å². The third kappa shape index (κ3) is 3.23. The maximum absolute atomic E-state index is 13.1. The quantitative estimate of drug-likeness (QED) is 0.513. The Balaban J connectivity index is 3.06. The summed E-state index contributed by atoms with van der Waals surface area (Å²) in [7, 11) is -1.49. The highest BCUT2D eigenvalue weighted by atomic mass is 28.3. The fourth-order valence-corrected chi connectivity index (χ4v) is 1.37. The first-order valence-electron chi connectivity index (χ1n) is 4.40. The first kappa shape index (κ1) is 10.8. The summed E-state index contributed by atoms with van der Waals surface area (Å²) in [5.41, 5.74) is 3.31. The predicted molar refractivity (Wildman–Crippen MR) is 58.3 cm³/mol. The second-order valence-electron chi connectivity index (χ2n) is 4.16. The Kier molecular flexibility index (Phi) is 2.97. The molecule has 0 aliphatic rings. The molecule has 0 bridgehead atoms. The predicted octanol–water partition coefficient (Wildman–Crippen LogP) is 2.76. The van der Waals surface area contributed by atoms with Crippen LogP contribution in [0.1, 0.15) is 5.56 Å². The number of hydrogen-bond acceptors (Lipinski definition) is 1. The largest absolute Gasteiger partial charge is 0.508 e. The van der Waals surface area contributed by atoms with E-state index in [0.29, 0.717) is 0 Å². The first-order chi connectivity index (χ1) is 6.38. The van der Waals surface area contributed by atoms with Gasteiger partial charge in [-0.25, -0.2) is 4.39 Å². The number of benzene rings is 1. The molecular formula is C11H13FOSi. The number of hydrogen-bond donors (Lipinski definition) is 1. The van der Waals surface area contributed by atoms with Crippen LogP contribution in [0.5, 0.6) is 5.75 Å². The van der Waals surface area contributed by atoms with Crippen molar-refractivity contribution in [2.75, 3.05) is 0 Å². The van der Waals surface area contributed by atoms with Gasteiger partial charge in [0.05, 0.1) is 5.56 Å². The fraction of sp³-hybridized carbons (Fsp3) is 0.273. The van der Waals surface area contributed by atoms with E-state index in [-0.39, 0.29) is 17.1 Å². The molecule has 1 aromatic rings. The van der Waals surface area contributed by atoms with E-state index in [0.717, 1.165) is 0 Å². The second kappa shape index (κ2) is 3.85. The van der Waals surface area contributed by atoms with Crippen molar-refractivity contribution in [3.8, 4) is 17.2 Å². The average Bonchev–Trinajstić information content (AvgIpc) is 2.05. The minimum absolute atomic E-state index is 0.0475. The summed E-state index contributed by atoms with van der Waals surface area (Å²) in [6.45, 7) is 6.25. The normalized spacial score (nSPS) is 10.6. The topological polar surface area (TPSA) is 20.2 Å². The van der Waals surface area contributed by atoms with E-state index in [9.17, 15) is 4.39 Å². The van der Waals surface area contributed by atoms with E-state index in [1.54, 1.807) is 0 Å². The highest BCUT2D eigenvalue weighted by Crippen LogP contribution is 2.14. The molecule has 0 aliphatic heterocycles. The molecule has 0 heterocycles. The van der Waals surface area contributed by atoms with E-state index in [1.807, 2.05) is 0 Å². The summed E-state index contributed by atoms with van der Waals surface area (Å²) in [5.74, 6) is 2.44. The summed E-state index contributed by atoms with van der Waals surface area (Å²) in [4.78, 5) is 0. The van der Waals surface area contributed by atoms with E-state index < -0.39 is 8.07 Å². The molecule has 1 N–H and O–H groups in total. The lowest BCUT2D eigenvalue weighted by Crippen LogP contribution is -2.16. The van der Waals surface area contributed by atoms with Crippen LogP contribution in [0.4, 0.5) is 4.39 Å². The molecule has 0 aliphatic carbocycles. The third-order valence-corrected chi connectivity index (χ3v) is 2.40. The maximum Gasteiger partial charge on any atom is 0.139 e. The van der Waals surface area contributed by atoms with Crippen LogP contribution in [-0.2, 0) is 0 Å². The van der Waals surface area contributed by atoms with Crippen LogP contribution < -0.4 is 0 Å². The van der Waals surface area contributed by atoms with Crippen molar-refractivity contribution in [1.29, 1.82) is 0 Å². The Morgan fingerprint density at radius 2 is 1.93 bits per heavy atom. The van der Waals surface area contributed by atoms with Gasteiger partial charge in [-0.1, -0.05) is 25.6 Å². The Labute approximate surface area is 84.6 Å². The highest BCUT2D eigenvalue weighted by Gasteiger charge is 2.08. The zero-order valence-electron chi connectivity index (χ0n) is 8.56. The van der Waals surface area contributed by atoms with Crippen molar-refractivity contribution in [3.63, 3.8) is 0 Å². The lowest BCUT2D eigenvalue weighted by Gasteiger charge is -2.03. The van der Waals surface area contributed by atoms with Gasteiger partial charge in [0.25, 0.3) is 0 Å². The van der Waals surface area contributed by atoms with Gasteiger partial charge in [-0.15, -0.1) is 5.54 Å². The molecule has 74 valence electrons. The molecule has 1 nitrogen and oxygen atoms in total. The number of phenols is 1. The smallest absolute Gasteiger partial charge is 0.139 e. The molecule has 0 spiro atoms. The minimum atomic E-state index is -1.49. The van der Waals surface area contributed by atoms with Crippen molar-refractivity contribution >= 4 is 8.07 Å². The van der Waals surface area contributed by atoms with Crippen molar-refractivity contribution in [2.45, 2.75) is 19.6 Å². The number of phenolic OH excluding ortho intramolecular Hbond substituents is 1. The van der Waals surface area contributed by atoms with E-state index in [4.69, 9.17) is 5.11 Å². The van der Waals surface area contributed by atoms with Gasteiger partial charge < -0.3 is 5.11 Å². The molecule has 0 atom stereocenters. The molecule has 0 aromatic heterocycles. The van der Waals surface area contributed by atoms with Gasteiger partial charge in [-0.05, 0) is 18.2 Å². The summed E-state index contributed by atoms with van der Waals surface area (Å²) in [6, 6.07) is 3.89. The molecule has 14 heavy (non-hydrogen) atoms.